The Kier molecular flexibility index (Phi) is 9.62. The summed E-state index contributed by atoms with van der Waals surface area (Å²) in [7, 11) is 1.94. The van der Waals surface area contributed by atoms with Crippen molar-refractivity contribution in [2.75, 3.05) is 7.05 Å². The molecule has 196 valence electrons. The van der Waals surface area contributed by atoms with Gasteiger partial charge in [0.15, 0.2) is 0 Å². The second-order valence-corrected chi connectivity index (χ2v) is 11.3. The van der Waals surface area contributed by atoms with Crippen molar-refractivity contribution in [2.45, 2.75) is 103 Å². The van der Waals surface area contributed by atoms with E-state index < -0.39 is 5.92 Å². The van der Waals surface area contributed by atoms with E-state index in [9.17, 15) is 24.0 Å². The van der Waals surface area contributed by atoms with E-state index in [4.69, 9.17) is 0 Å². The van der Waals surface area contributed by atoms with Crippen LogP contribution in [-0.2, 0) is 24.0 Å². The molecule has 3 rings (SSSR count). The maximum atomic E-state index is 13.3. The third-order valence-corrected chi connectivity index (χ3v) is 8.66. The van der Waals surface area contributed by atoms with Crippen LogP contribution in [0, 0.1) is 29.6 Å². The van der Waals surface area contributed by atoms with Crippen molar-refractivity contribution in [3.05, 3.63) is 0 Å². The first-order valence-electron chi connectivity index (χ1n) is 13.4. The van der Waals surface area contributed by atoms with Crippen LogP contribution in [0.5, 0.6) is 0 Å². The molecule has 0 aromatic carbocycles. The summed E-state index contributed by atoms with van der Waals surface area (Å²) < 4.78 is 0. The number of hydrogen-bond donors (Lipinski definition) is 3. The van der Waals surface area contributed by atoms with Crippen molar-refractivity contribution < 1.29 is 24.0 Å². The van der Waals surface area contributed by atoms with Crippen molar-refractivity contribution in [1.82, 2.24) is 16.0 Å². The predicted molar refractivity (Wildman–Crippen MR) is 132 cm³/mol. The number of carbonyl (C=O) groups excluding carboxylic acids is 5. The van der Waals surface area contributed by atoms with Crippen LogP contribution < -0.4 is 16.0 Å². The highest BCUT2D eigenvalue weighted by atomic mass is 16.2. The summed E-state index contributed by atoms with van der Waals surface area (Å²) in [5, 5.41) is 9.57. The van der Waals surface area contributed by atoms with Crippen LogP contribution in [0.4, 0.5) is 0 Å². The molecule has 3 N–H and O–H groups in total. The minimum atomic E-state index is -0.432. The van der Waals surface area contributed by atoms with Crippen molar-refractivity contribution in [2.24, 2.45) is 29.6 Å². The molecule has 0 aliphatic heterocycles. The van der Waals surface area contributed by atoms with E-state index in [0.29, 0.717) is 44.6 Å². The SMILES string of the molecule is CNC1CCCC(NC(=O)C2CC(C(C)=O)CC(C(=O)NC3CC(C(C)=O)CC(C(C)=O)C3)C2)C1. The zero-order chi connectivity index (χ0) is 25.7. The molecular weight excluding hydrogens is 446 g/mol. The van der Waals surface area contributed by atoms with Gasteiger partial charge in [0.25, 0.3) is 0 Å². The Labute approximate surface area is 209 Å². The zero-order valence-electron chi connectivity index (χ0n) is 21.7. The molecule has 35 heavy (non-hydrogen) atoms. The van der Waals surface area contributed by atoms with Crippen LogP contribution in [0.25, 0.3) is 0 Å². The Morgan fingerprint density at radius 2 is 0.914 bits per heavy atom. The van der Waals surface area contributed by atoms with Gasteiger partial charge in [0.05, 0.1) is 0 Å². The Hall–Kier alpha value is -2.09. The van der Waals surface area contributed by atoms with Gasteiger partial charge >= 0.3 is 0 Å². The third kappa shape index (κ3) is 7.45. The van der Waals surface area contributed by atoms with Gasteiger partial charge in [0.2, 0.25) is 11.8 Å². The molecule has 3 fully saturated rings. The number of carbonyl (C=O) groups is 5. The minimum absolute atomic E-state index is 0.0131. The molecule has 3 saturated carbocycles. The van der Waals surface area contributed by atoms with Crippen LogP contribution in [0.2, 0.25) is 0 Å². The molecule has 3 aliphatic rings. The van der Waals surface area contributed by atoms with Crippen molar-refractivity contribution in [1.29, 1.82) is 0 Å². The van der Waals surface area contributed by atoms with E-state index in [0.717, 1.165) is 25.7 Å². The van der Waals surface area contributed by atoms with E-state index >= 15 is 0 Å². The summed E-state index contributed by atoms with van der Waals surface area (Å²) in [4.78, 5) is 62.8. The van der Waals surface area contributed by atoms with E-state index in [2.05, 4.69) is 16.0 Å². The van der Waals surface area contributed by atoms with Gasteiger partial charge in [-0.15, -0.1) is 0 Å². The molecule has 2 amide bonds. The molecule has 0 aromatic rings. The van der Waals surface area contributed by atoms with E-state index in [1.165, 1.54) is 6.92 Å². The Balaban J connectivity index is 1.64. The van der Waals surface area contributed by atoms with Crippen LogP contribution in [0.15, 0.2) is 0 Å². The number of nitrogens with one attached hydrogen (secondary N) is 3. The lowest BCUT2D eigenvalue weighted by Gasteiger charge is -2.37. The Morgan fingerprint density at radius 1 is 0.514 bits per heavy atom. The first-order valence-corrected chi connectivity index (χ1v) is 13.4. The third-order valence-electron chi connectivity index (χ3n) is 8.66. The molecule has 8 nitrogen and oxygen atoms in total. The minimum Gasteiger partial charge on any atom is -0.353 e. The maximum Gasteiger partial charge on any atom is 0.223 e. The van der Waals surface area contributed by atoms with Gasteiger partial charge in [0.1, 0.15) is 17.3 Å². The fraction of sp³-hybridized carbons (Fsp3) is 0.815. The zero-order valence-corrected chi connectivity index (χ0v) is 21.7. The number of hydrogen-bond acceptors (Lipinski definition) is 6. The highest BCUT2D eigenvalue weighted by Gasteiger charge is 2.40. The van der Waals surface area contributed by atoms with E-state index in [1.807, 2.05) is 7.05 Å². The monoisotopic (exact) mass is 489 g/mol. The molecule has 3 aliphatic carbocycles. The van der Waals surface area contributed by atoms with Gasteiger partial charge in [-0.05, 0) is 92.0 Å². The van der Waals surface area contributed by atoms with Crippen molar-refractivity contribution in [3.8, 4) is 0 Å². The summed E-state index contributed by atoms with van der Waals surface area (Å²) >= 11 is 0. The molecule has 8 heteroatoms. The Morgan fingerprint density at radius 3 is 1.40 bits per heavy atom. The van der Waals surface area contributed by atoms with Crippen molar-refractivity contribution in [3.63, 3.8) is 0 Å². The highest BCUT2D eigenvalue weighted by molar-refractivity contribution is 5.86. The van der Waals surface area contributed by atoms with Crippen LogP contribution in [0.3, 0.4) is 0 Å². The molecule has 0 aromatic heterocycles. The average Bonchev–Trinajstić information content (AvgIpc) is 2.83. The number of ketones is 3. The summed E-state index contributed by atoms with van der Waals surface area (Å²) in [6.07, 6.45) is 6.97. The maximum absolute atomic E-state index is 13.3. The van der Waals surface area contributed by atoms with E-state index in [-0.39, 0.29) is 64.9 Å². The number of Topliss-reactive ketones (excluding diaryl/α,β-unsaturated/α-hetero) is 3. The second kappa shape index (κ2) is 12.2. The molecule has 0 spiro atoms. The molecular formula is C27H43N3O5. The lowest BCUT2D eigenvalue weighted by molar-refractivity contribution is -0.136. The fourth-order valence-electron chi connectivity index (χ4n) is 6.40. The first kappa shape index (κ1) is 27.5. The van der Waals surface area contributed by atoms with Crippen LogP contribution >= 0.6 is 0 Å². The summed E-state index contributed by atoms with van der Waals surface area (Å²) in [6.45, 7) is 4.62. The van der Waals surface area contributed by atoms with Crippen LogP contribution in [0.1, 0.15) is 85.0 Å². The molecule has 0 bridgehead atoms. The smallest absolute Gasteiger partial charge is 0.223 e. The van der Waals surface area contributed by atoms with Crippen LogP contribution in [-0.4, -0.2) is 54.3 Å². The second-order valence-electron chi connectivity index (χ2n) is 11.3. The summed E-state index contributed by atoms with van der Waals surface area (Å²) in [5.74, 6) is -1.69. The number of amides is 2. The van der Waals surface area contributed by atoms with Gasteiger partial charge < -0.3 is 16.0 Å². The normalized spacial score (nSPS) is 35.5. The molecule has 0 radical (unpaired) electrons. The lowest BCUT2D eigenvalue weighted by Crippen LogP contribution is -2.49. The standard InChI is InChI=1S/C27H43N3O5/c1-15(31)18-9-21(26(34)29-24-7-5-6-23(14-24)28-4)11-22(10-18)27(35)30-25-12-19(16(2)32)8-20(13-25)17(3)33/h18-25,28H,5-14H2,1-4H3,(H,29,34)(H,30,35). The van der Waals surface area contributed by atoms with Gasteiger partial charge in [-0.2, -0.15) is 0 Å². The van der Waals surface area contributed by atoms with E-state index in [1.54, 1.807) is 13.8 Å². The average molecular weight is 490 g/mol. The largest absolute Gasteiger partial charge is 0.353 e. The highest BCUT2D eigenvalue weighted by Crippen LogP contribution is 2.36. The predicted octanol–water partition coefficient (Wildman–Crippen LogP) is 2.33. The summed E-state index contributed by atoms with van der Waals surface area (Å²) in [5.41, 5.74) is 0. The Bertz CT molecular complexity index is 806. The van der Waals surface area contributed by atoms with Gasteiger partial charge in [-0.3, -0.25) is 24.0 Å². The fourth-order valence-corrected chi connectivity index (χ4v) is 6.40. The topological polar surface area (TPSA) is 121 Å². The van der Waals surface area contributed by atoms with Crippen molar-refractivity contribution >= 4 is 29.2 Å². The molecule has 0 heterocycles. The number of rotatable bonds is 8. The molecule has 0 saturated heterocycles. The first-order chi connectivity index (χ1) is 16.6. The van der Waals surface area contributed by atoms with Gasteiger partial charge in [-0.25, -0.2) is 0 Å². The molecule has 7 atom stereocenters. The quantitative estimate of drug-likeness (QED) is 0.481. The lowest BCUT2D eigenvalue weighted by atomic mass is 9.72. The summed E-state index contributed by atoms with van der Waals surface area (Å²) in [6, 6.07) is 0.273. The van der Waals surface area contributed by atoms with Gasteiger partial charge in [-0.1, -0.05) is 0 Å². The van der Waals surface area contributed by atoms with Gasteiger partial charge in [0, 0.05) is 47.7 Å². The molecule has 7 unspecified atom stereocenters.